The lowest BCUT2D eigenvalue weighted by molar-refractivity contribution is 0.462. The lowest BCUT2D eigenvalue weighted by atomic mass is 9.95. The Morgan fingerprint density at radius 1 is 1.20 bits per heavy atom. The van der Waals surface area contributed by atoms with Crippen molar-refractivity contribution in [1.29, 1.82) is 0 Å². The number of hydrogen-bond acceptors (Lipinski definition) is 1. The average molecular weight is 315 g/mol. The second-order valence-corrected chi connectivity index (χ2v) is 5.62. The van der Waals surface area contributed by atoms with Crippen LogP contribution >= 0.6 is 22.6 Å². The number of anilines is 1. The van der Waals surface area contributed by atoms with Gasteiger partial charge in [0.25, 0.3) is 0 Å². The minimum absolute atomic E-state index is 0.704. The van der Waals surface area contributed by atoms with Crippen LogP contribution < -0.4 is 5.32 Å². The fraction of sp³-hybridized carbons (Fsp3) is 0.538. The Morgan fingerprint density at radius 3 is 2.60 bits per heavy atom. The Labute approximate surface area is 106 Å². The molecular weight excluding hydrogens is 297 g/mol. The Hall–Kier alpha value is -0.250. The molecule has 0 spiro atoms. The number of halogens is 1. The zero-order chi connectivity index (χ0) is 10.7. The van der Waals surface area contributed by atoms with Crippen LogP contribution in [0.25, 0.3) is 0 Å². The highest BCUT2D eigenvalue weighted by Crippen LogP contribution is 2.25. The molecule has 0 aromatic heterocycles. The smallest absolute Gasteiger partial charge is 0.0478 e. The van der Waals surface area contributed by atoms with Gasteiger partial charge < -0.3 is 5.32 Å². The third-order valence-corrected chi connectivity index (χ3v) is 3.98. The van der Waals surface area contributed by atoms with E-state index in [1.165, 1.54) is 46.9 Å². The zero-order valence-electron chi connectivity index (χ0n) is 9.22. The highest BCUT2D eigenvalue weighted by atomic mass is 127. The molecule has 1 N–H and O–H groups in total. The quantitative estimate of drug-likeness (QED) is 0.800. The summed E-state index contributed by atoms with van der Waals surface area (Å²) in [6.07, 6.45) is 6.87. The normalized spacial score (nSPS) is 17.7. The maximum atomic E-state index is 3.67. The summed E-state index contributed by atoms with van der Waals surface area (Å²) in [7, 11) is 0. The molecule has 0 unspecified atom stereocenters. The molecule has 1 fully saturated rings. The van der Waals surface area contributed by atoms with Crippen LogP contribution in [0.5, 0.6) is 0 Å². The molecule has 1 nitrogen and oxygen atoms in total. The molecule has 1 saturated carbocycles. The number of benzene rings is 1. The van der Waals surface area contributed by atoms with Gasteiger partial charge in [-0.05, 0) is 60.1 Å². The topological polar surface area (TPSA) is 12.0 Å². The second kappa shape index (κ2) is 5.19. The van der Waals surface area contributed by atoms with Crippen molar-refractivity contribution < 1.29 is 0 Å². The van der Waals surface area contributed by atoms with Gasteiger partial charge in [-0.15, -0.1) is 0 Å². The third kappa shape index (κ3) is 3.10. The van der Waals surface area contributed by atoms with Gasteiger partial charge in [-0.25, -0.2) is 0 Å². The van der Waals surface area contributed by atoms with Gasteiger partial charge in [-0.2, -0.15) is 0 Å². The molecule has 0 atom stereocenters. The standard InChI is InChI=1S/C13H18IN/c1-10-7-8-13(12(14)9-10)15-11-5-3-2-4-6-11/h7-9,11,15H,2-6H2,1H3. The SMILES string of the molecule is Cc1ccc(NC2CCCCC2)c(I)c1. The molecule has 1 aliphatic carbocycles. The van der Waals surface area contributed by atoms with Gasteiger partial charge in [0.15, 0.2) is 0 Å². The third-order valence-electron chi connectivity index (χ3n) is 3.09. The largest absolute Gasteiger partial charge is 0.381 e. The van der Waals surface area contributed by atoms with Crippen molar-refractivity contribution in [1.82, 2.24) is 0 Å². The summed E-state index contributed by atoms with van der Waals surface area (Å²) in [6, 6.07) is 7.35. The first-order chi connectivity index (χ1) is 7.25. The molecular formula is C13H18IN. The zero-order valence-corrected chi connectivity index (χ0v) is 11.4. The van der Waals surface area contributed by atoms with Crippen molar-refractivity contribution in [3.05, 3.63) is 27.3 Å². The first-order valence-electron chi connectivity index (χ1n) is 5.78. The van der Waals surface area contributed by atoms with E-state index >= 15 is 0 Å². The van der Waals surface area contributed by atoms with Crippen LogP contribution in [0.15, 0.2) is 18.2 Å². The first kappa shape index (κ1) is 11.2. The van der Waals surface area contributed by atoms with Gasteiger partial charge in [0.05, 0.1) is 0 Å². The van der Waals surface area contributed by atoms with Crippen LogP contribution in [0.3, 0.4) is 0 Å². The minimum Gasteiger partial charge on any atom is -0.381 e. The Kier molecular flexibility index (Phi) is 3.89. The molecule has 15 heavy (non-hydrogen) atoms. The van der Waals surface area contributed by atoms with Crippen LogP contribution in [0.2, 0.25) is 0 Å². The number of rotatable bonds is 2. The van der Waals surface area contributed by atoms with Gasteiger partial charge in [0, 0.05) is 15.3 Å². The van der Waals surface area contributed by atoms with E-state index in [0.29, 0.717) is 6.04 Å². The van der Waals surface area contributed by atoms with Crippen molar-refractivity contribution in [3.8, 4) is 0 Å². The number of hydrogen-bond donors (Lipinski definition) is 1. The minimum atomic E-state index is 0.704. The van der Waals surface area contributed by atoms with Gasteiger partial charge in [0.2, 0.25) is 0 Å². The maximum Gasteiger partial charge on any atom is 0.0478 e. The molecule has 0 radical (unpaired) electrons. The van der Waals surface area contributed by atoms with Crippen LogP contribution in [0.1, 0.15) is 37.7 Å². The Balaban J connectivity index is 2.03. The number of nitrogens with one attached hydrogen (secondary N) is 1. The summed E-state index contributed by atoms with van der Waals surface area (Å²) >= 11 is 2.42. The van der Waals surface area contributed by atoms with Gasteiger partial charge in [0.1, 0.15) is 0 Å². The summed E-state index contributed by atoms with van der Waals surface area (Å²) < 4.78 is 1.35. The molecule has 0 bridgehead atoms. The van der Waals surface area contributed by atoms with E-state index in [9.17, 15) is 0 Å². The molecule has 0 heterocycles. The number of aryl methyl sites for hydroxylation is 1. The van der Waals surface area contributed by atoms with Crippen molar-refractivity contribution >= 4 is 28.3 Å². The van der Waals surface area contributed by atoms with E-state index in [1.54, 1.807) is 0 Å². The molecule has 1 aromatic rings. The highest BCUT2D eigenvalue weighted by Gasteiger charge is 2.13. The maximum absolute atomic E-state index is 3.67. The predicted octanol–water partition coefficient (Wildman–Crippen LogP) is 4.34. The molecule has 1 aliphatic rings. The van der Waals surface area contributed by atoms with Crippen LogP contribution in [0.4, 0.5) is 5.69 Å². The monoisotopic (exact) mass is 315 g/mol. The van der Waals surface area contributed by atoms with Crippen molar-refractivity contribution in [2.75, 3.05) is 5.32 Å². The highest BCUT2D eigenvalue weighted by molar-refractivity contribution is 14.1. The van der Waals surface area contributed by atoms with Crippen LogP contribution in [-0.4, -0.2) is 6.04 Å². The summed E-state index contributed by atoms with van der Waals surface area (Å²) in [5.41, 5.74) is 2.65. The van der Waals surface area contributed by atoms with Crippen LogP contribution in [0, 0.1) is 10.5 Å². The summed E-state index contributed by atoms with van der Waals surface area (Å²) in [5, 5.41) is 3.67. The molecule has 2 rings (SSSR count). The molecule has 0 saturated heterocycles. The van der Waals surface area contributed by atoms with Gasteiger partial charge in [-0.1, -0.05) is 25.3 Å². The fourth-order valence-electron chi connectivity index (χ4n) is 2.20. The molecule has 0 aliphatic heterocycles. The van der Waals surface area contributed by atoms with Crippen LogP contribution in [-0.2, 0) is 0 Å². The molecule has 2 heteroatoms. The van der Waals surface area contributed by atoms with E-state index in [2.05, 4.69) is 53.0 Å². The van der Waals surface area contributed by atoms with E-state index < -0.39 is 0 Å². The molecule has 82 valence electrons. The first-order valence-corrected chi connectivity index (χ1v) is 6.86. The fourth-order valence-corrected chi connectivity index (χ4v) is 3.03. The Morgan fingerprint density at radius 2 is 1.93 bits per heavy atom. The molecule has 1 aromatic carbocycles. The average Bonchev–Trinajstić information content (AvgIpc) is 2.24. The lowest BCUT2D eigenvalue weighted by Gasteiger charge is -2.24. The van der Waals surface area contributed by atoms with Gasteiger partial charge in [-0.3, -0.25) is 0 Å². The van der Waals surface area contributed by atoms with Crippen molar-refractivity contribution in [2.45, 2.75) is 45.1 Å². The van der Waals surface area contributed by atoms with Crippen molar-refractivity contribution in [2.24, 2.45) is 0 Å². The Bertz CT molecular complexity index is 329. The summed E-state index contributed by atoms with van der Waals surface area (Å²) in [4.78, 5) is 0. The summed E-state index contributed by atoms with van der Waals surface area (Å²) in [5.74, 6) is 0. The van der Waals surface area contributed by atoms with E-state index in [0.717, 1.165) is 0 Å². The lowest BCUT2D eigenvalue weighted by Crippen LogP contribution is -2.22. The summed E-state index contributed by atoms with van der Waals surface area (Å²) in [6.45, 7) is 2.15. The van der Waals surface area contributed by atoms with E-state index in [-0.39, 0.29) is 0 Å². The van der Waals surface area contributed by atoms with E-state index in [4.69, 9.17) is 0 Å². The van der Waals surface area contributed by atoms with Crippen molar-refractivity contribution in [3.63, 3.8) is 0 Å². The predicted molar refractivity (Wildman–Crippen MR) is 74.4 cm³/mol. The van der Waals surface area contributed by atoms with E-state index in [1.807, 2.05) is 0 Å². The molecule has 0 amide bonds. The second-order valence-electron chi connectivity index (χ2n) is 4.46. The van der Waals surface area contributed by atoms with Gasteiger partial charge >= 0.3 is 0 Å².